The minimum atomic E-state index is -0.742. The van der Waals surface area contributed by atoms with Crippen LogP contribution < -0.4 is 0 Å². The van der Waals surface area contributed by atoms with Crippen LogP contribution in [-0.2, 0) is 14.3 Å². The highest BCUT2D eigenvalue weighted by molar-refractivity contribution is 5.77. The van der Waals surface area contributed by atoms with Crippen molar-refractivity contribution in [1.82, 2.24) is 5.01 Å². The summed E-state index contributed by atoms with van der Waals surface area (Å²) in [5.74, 6) is -0.0398. The highest BCUT2D eigenvalue weighted by Gasteiger charge is 2.47. The van der Waals surface area contributed by atoms with Gasteiger partial charge in [0, 0.05) is 32.0 Å². The average molecular weight is 364 g/mol. The molecule has 2 aliphatic rings. The summed E-state index contributed by atoms with van der Waals surface area (Å²) < 4.78 is 6.06. The topological polar surface area (TPSA) is 79.2 Å². The summed E-state index contributed by atoms with van der Waals surface area (Å²) in [6.45, 7) is 2.07. The molecule has 4 atom stereocenters. The van der Waals surface area contributed by atoms with E-state index >= 15 is 0 Å². The first-order chi connectivity index (χ1) is 12.5. The SMILES string of the molecule is CCCCC(=O)N(C)N=C[C@@H]1[C@@H](C/C=C\CCCC(=O)O)[C@H]2CC[C@@H]1O2. The van der Waals surface area contributed by atoms with Crippen molar-refractivity contribution in [1.29, 1.82) is 0 Å². The zero-order valence-electron chi connectivity index (χ0n) is 16.0. The molecule has 26 heavy (non-hydrogen) atoms. The third-order valence-corrected chi connectivity index (χ3v) is 5.34. The fourth-order valence-corrected chi connectivity index (χ4v) is 3.80. The first-order valence-corrected chi connectivity index (χ1v) is 9.85. The molecule has 6 nitrogen and oxygen atoms in total. The van der Waals surface area contributed by atoms with Gasteiger partial charge in [0.25, 0.3) is 0 Å². The van der Waals surface area contributed by atoms with Gasteiger partial charge in [-0.25, -0.2) is 5.01 Å². The van der Waals surface area contributed by atoms with Gasteiger partial charge in [0.15, 0.2) is 0 Å². The van der Waals surface area contributed by atoms with E-state index in [1.807, 2.05) is 6.21 Å². The van der Waals surface area contributed by atoms with Gasteiger partial charge in [0.05, 0.1) is 12.2 Å². The van der Waals surface area contributed by atoms with Crippen LogP contribution in [-0.4, -0.2) is 47.5 Å². The molecule has 146 valence electrons. The number of ether oxygens (including phenoxy) is 1. The molecular weight excluding hydrogens is 332 g/mol. The van der Waals surface area contributed by atoms with E-state index in [4.69, 9.17) is 9.84 Å². The van der Waals surface area contributed by atoms with Gasteiger partial charge < -0.3 is 9.84 Å². The van der Waals surface area contributed by atoms with E-state index in [2.05, 4.69) is 24.2 Å². The predicted molar refractivity (Wildman–Crippen MR) is 101 cm³/mol. The first kappa shape index (κ1) is 20.6. The summed E-state index contributed by atoms with van der Waals surface area (Å²) in [5.41, 5.74) is 0. The number of amides is 1. The molecule has 0 spiro atoms. The number of carboxylic acid groups (broad SMARTS) is 1. The Hall–Kier alpha value is -1.69. The number of unbranched alkanes of at least 4 members (excludes halogenated alkanes) is 2. The Balaban J connectivity index is 1.83. The van der Waals surface area contributed by atoms with Crippen LogP contribution in [0.25, 0.3) is 0 Å². The number of hydrazone groups is 1. The van der Waals surface area contributed by atoms with Crippen molar-refractivity contribution in [3.63, 3.8) is 0 Å². The normalized spacial score (nSPS) is 27.6. The minimum absolute atomic E-state index is 0.0575. The number of hydrogen-bond acceptors (Lipinski definition) is 4. The highest BCUT2D eigenvalue weighted by atomic mass is 16.5. The number of rotatable bonds is 11. The lowest BCUT2D eigenvalue weighted by Gasteiger charge is -2.24. The van der Waals surface area contributed by atoms with E-state index in [1.54, 1.807) is 7.05 Å². The van der Waals surface area contributed by atoms with E-state index in [0.29, 0.717) is 18.8 Å². The lowest BCUT2D eigenvalue weighted by atomic mass is 9.78. The number of aliphatic carboxylic acids is 1. The van der Waals surface area contributed by atoms with Crippen LogP contribution in [0.15, 0.2) is 17.3 Å². The molecule has 0 aliphatic carbocycles. The zero-order valence-corrected chi connectivity index (χ0v) is 16.0. The summed E-state index contributed by atoms with van der Waals surface area (Å²) in [4.78, 5) is 22.5. The number of carboxylic acids is 1. The molecule has 2 bridgehead atoms. The molecule has 2 fully saturated rings. The van der Waals surface area contributed by atoms with E-state index in [9.17, 15) is 9.59 Å². The molecule has 0 saturated carbocycles. The molecule has 0 aromatic carbocycles. The Morgan fingerprint density at radius 3 is 2.69 bits per heavy atom. The summed E-state index contributed by atoms with van der Waals surface area (Å²) >= 11 is 0. The molecule has 1 amide bonds. The van der Waals surface area contributed by atoms with Crippen molar-refractivity contribution >= 4 is 18.1 Å². The summed E-state index contributed by atoms with van der Waals surface area (Å²) in [6, 6.07) is 0. The number of hydrogen-bond donors (Lipinski definition) is 1. The largest absolute Gasteiger partial charge is 0.481 e. The van der Waals surface area contributed by atoms with Gasteiger partial charge in [-0.1, -0.05) is 25.5 Å². The molecule has 1 N–H and O–H groups in total. The van der Waals surface area contributed by atoms with Crippen molar-refractivity contribution in [2.45, 2.75) is 76.9 Å². The second-order valence-electron chi connectivity index (χ2n) is 7.31. The van der Waals surface area contributed by atoms with Gasteiger partial charge in [-0.3, -0.25) is 9.59 Å². The Morgan fingerprint density at radius 1 is 1.19 bits per heavy atom. The summed E-state index contributed by atoms with van der Waals surface area (Å²) in [7, 11) is 1.72. The molecule has 2 heterocycles. The van der Waals surface area contributed by atoms with Gasteiger partial charge >= 0.3 is 5.97 Å². The van der Waals surface area contributed by atoms with Gasteiger partial charge in [-0.2, -0.15) is 5.10 Å². The van der Waals surface area contributed by atoms with Crippen LogP contribution in [0.1, 0.15) is 64.7 Å². The molecule has 0 unspecified atom stereocenters. The lowest BCUT2D eigenvalue weighted by molar-refractivity contribution is -0.137. The zero-order chi connectivity index (χ0) is 18.9. The van der Waals surface area contributed by atoms with Gasteiger partial charge in [-0.05, 0) is 44.4 Å². The monoisotopic (exact) mass is 364 g/mol. The van der Waals surface area contributed by atoms with Crippen LogP contribution >= 0.6 is 0 Å². The molecule has 2 rings (SSSR count). The maximum absolute atomic E-state index is 12.0. The van der Waals surface area contributed by atoms with Crippen LogP contribution in [0.4, 0.5) is 0 Å². The summed E-state index contributed by atoms with van der Waals surface area (Å²) in [5, 5.41) is 14.5. The predicted octanol–water partition coefficient (Wildman–Crippen LogP) is 3.62. The van der Waals surface area contributed by atoms with Crippen LogP contribution in [0.3, 0.4) is 0 Å². The fraction of sp³-hybridized carbons (Fsp3) is 0.750. The Morgan fingerprint density at radius 2 is 1.96 bits per heavy atom. The molecule has 6 heteroatoms. The number of allylic oxidation sites excluding steroid dienone is 2. The lowest BCUT2D eigenvalue weighted by Crippen LogP contribution is -2.29. The van der Waals surface area contributed by atoms with Crippen molar-refractivity contribution in [3.05, 3.63) is 12.2 Å². The van der Waals surface area contributed by atoms with Gasteiger partial charge in [0.1, 0.15) is 0 Å². The third kappa shape index (κ3) is 5.94. The van der Waals surface area contributed by atoms with E-state index < -0.39 is 5.97 Å². The molecular formula is C20H32N2O4. The molecule has 0 aromatic heterocycles. The minimum Gasteiger partial charge on any atom is -0.481 e. The maximum atomic E-state index is 12.0. The molecule has 2 aliphatic heterocycles. The second kappa shape index (κ2) is 10.5. The average Bonchev–Trinajstić information content (AvgIpc) is 3.21. The van der Waals surface area contributed by atoms with E-state index in [1.165, 1.54) is 5.01 Å². The Bertz CT molecular complexity index is 532. The fourth-order valence-electron chi connectivity index (χ4n) is 3.80. The van der Waals surface area contributed by atoms with Crippen molar-refractivity contribution in [3.8, 4) is 0 Å². The quantitative estimate of drug-likeness (QED) is 0.263. The Kier molecular flexibility index (Phi) is 8.29. The van der Waals surface area contributed by atoms with Crippen molar-refractivity contribution in [2.24, 2.45) is 16.9 Å². The number of carbonyl (C=O) groups excluding carboxylic acids is 1. The van der Waals surface area contributed by atoms with E-state index in [-0.39, 0.29) is 30.5 Å². The Labute approximate surface area is 156 Å². The standard InChI is InChI=1S/C20H32N2O4/c1-3-4-10-19(23)22(2)21-14-16-15(17-12-13-18(16)26-17)9-7-5-6-8-11-20(24)25/h5,7,14-18H,3-4,6,8-13H2,1-2H3,(H,24,25)/b7-5-,21-14?/t15-,16-,17-,18+/m1/s1. The molecule has 0 radical (unpaired) electrons. The van der Waals surface area contributed by atoms with E-state index in [0.717, 1.165) is 38.5 Å². The van der Waals surface area contributed by atoms with Crippen molar-refractivity contribution < 1.29 is 19.4 Å². The molecule has 2 saturated heterocycles. The van der Waals surface area contributed by atoms with Crippen LogP contribution in [0.2, 0.25) is 0 Å². The number of carbonyl (C=O) groups is 2. The van der Waals surface area contributed by atoms with Crippen LogP contribution in [0, 0.1) is 11.8 Å². The van der Waals surface area contributed by atoms with Crippen LogP contribution in [0.5, 0.6) is 0 Å². The number of nitrogens with zero attached hydrogens (tertiary/aromatic N) is 2. The third-order valence-electron chi connectivity index (χ3n) is 5.34. The van der Waals surface area contributed by atoms with Gasteiger partial charge in [0.2, 0.25) is 5.91 Å². The number of fused-ring (bicyclic) bond motifs is 2. The second-order valence-corrected chi connectivity index (χ2v) is 7.31. The van der Waals surface area contributed by atoms with Gasteiger partial charge in [-0.15, -0.1) is 0 Å². The summed E-state index contributed by atoms with van der Waals surface area (Å²) in [6.07, 6.45) is 13.8. The highest BCUT2D eigenvalue weighted by Crippen LogP contribution is 2.44. The smallest absolute Gasteiger partial charge is 0.303 e. The molecule has 0 aromatic rings. The first-order valence-electron chi connectivity index (χ1n) is 9.85. The van der Waals surface area contributed by atoms with Crippen molar-refractivity contribution in [2.75, 3.05) is 7.05 Å². The maximum Gasteiger partial charge on any atom is 0.303 e.